The van der Waals surface area contributed by atoms with Crippen LogP contribution >= 0.6 is 11.3 Å². The Morgan fingerprint density at radius 3 is 2.88 bits per heavy atom. The third-order valence-electron chi connectivity index (χ3n) is 4.86. The van der Waals surface area contributed by atoms with E-state index in [2.05, 4.69) is 30.1 Å². The van der Waals surface area contributed by atoms with E-state index in [1.807, 2.05) is 24.7 Å². The molecule has 0 radical (unpaired) electrons. The van der Waals surface area contributed by atoms with Crippen molar-refractivity contribution in [2.45, 2.75) is 19.4 Å². The van der Waals surface area contributed by atoms with Crippen molar-refractivity contribution in [1.82, 2.24) is 19.9 Å². The number of likely N-dealkylation sites (tertiary alicyclic amines) is 1. The summed E-state index contributed by atoms with van der Waals surface area (Å²) < 4.78 is 5.99. The maximum atomic E-state index is 5.99. The molecule has 0 N–H and O–H groups in total. The Bertz CT molecular complexity index is 638. The third kappa shape index (κ3) is 3.58. The lowest BCUT2D eigenvalue weighted by Crippen LogP contribution is -2.50. The molecule has 4 rings (SSSR count). The highest BCUT2D eigenvalue weighted by Crippen LogP contribution is 2.34. The van der Waals surface area contributed by atoms with Crippen LogP contribution in [0, 0.1) is 5.41 Å². The Labute approximate surface area is 146 Å². The molecule has 2 aromatic rings. The van der Waals surface area contributed by atoms with Crippen LogP contribution in [-0.4, -0.2) is 59.2 Å². The molecule has 2 fully saturated rings. The SMILES string of the molecule is c1cnc(N2CCOC[C@@]3(CCCN(Cc4nccs4)C3)C2)nc1. The number of hydrogen-bond donors (Lipinski definition) is 0. The minimum absolute atomic E-state index is 0.158. The van der Waals surface area contributed by atoms with Crippen LogP contribution in [0.3, 0.4) is 0 Å². The zero-order valence-corrected chi connectivity index (χ0v) is 14.6. The van der Waals surface area contributed by atoms with Gasteiger partial charge in [-0.25, -0.2) is 15.0 Å². The molecule has 2 saturated heterocycles. The van der Waals surface area contributed by atoms with Crippen molar-refractivity contribution in [1.29, 1.82) is 0 Å². The number of ether oxygens (including phenoxy) is 1. The summed E-state index contributed by atoms with van der Waals surface area (Å²) >= 11 is 1.74. The van der Waals surface area contributed by atoms with Crippen LogP contribution in [0.4, 0.5) is 5.95 Å². The summed E-state index contributed by atoms with van der Waals surface area (Å²) in [4.78, 5) is 18.1. The summed E-state index contributed by atoms with van der Waals surface area (Å²) in [7, 11) is 0. The monoisotopic (exact) mass is 345 g/mol. The second kappa shape index (κ2) is 7.13. The molecule has 4 heterocycles. The number of thiazole rings is 1. The van der Waals surface area contributed by atoms with Crippen LogP contribution in [0.15, 0.2) is 30.0 Å². The zero-order valence-electron chi connectivity index (χ0n) is 13.8. The maximum absolute atomic E-state index is 5.99. The fourth-order valence-corrected chi connectivity index (χ4v) is 4.49. The molecule has 24 heavy (non-hydrogen) atoms. The average molecular weight is 345 g/mol. The summed E-state index contributed by atoms with van der Waals surface area (Å²) in [6.07, 6.45) is 7.93. The average Bonchev–Trinajstić information content (AvgIpc) is 3.03. The fourth-order valence-electron chi connectivity index (χ4n) is 3.83. The summed E-state index contributed by atoms with van der Waals surface area (Å²) in [5, 5.41) is 3.25. The van der Waals surface area contributed by atoms with Gasteiger partial charge in [0.05, 0.1) is 19.8 Å². The molecule has 2 aliphatic rings. The van der Waals surface area contributed by atoms with Gasteiger partial charge in [0.25, 0.3) is 0 Å². The van der Waals surface area contributed by atoms with Gasteiger partial charge >= 0.3 is 0 Å². The molecule has 1 spiro atoms. The normalized spacial score (nSPS) is 25.8. The van der Waals surface area contributed by atoms with Crippen molar-refractivity contribution in [2.75, 3.05) is 44.3 Å². The van der Waals surface area contributed by atoms with Gasteiger partial charge in [-0.1, -0.05) is 0 Å². The van der Waals surface area contributed by atoms with Gasteiger partial charge < -0.3 is 9.64 Å². The zero-order chi connectivity index (χ0) is 16.2. The lowest BCUT2D eigenvalue weighted by Gasteiger charge is -2.43. The minimum Gasteiger partial charge on any atom is -0.379 e. The highest BCUT2D eigenvalue weighted by Gasteiger charge is 2.39. The molecule has 0 unspecified atom stereocenters. The van der Waals surface area contributed by atoms with Gasteiger partial charge in [0.2, 0.25) is 5.95 Å². The minimum atomic E-state index is 0.158. The molecule has 2 aromatic heterocycles. The van der Waals surface area contributed by atoms with Crippen LogP contribution in [0.1, 0.15) is 17.8 Å². The highest BCUT2D eigenvalue weighted by molar-refractivity contribution is 7.09. The van der Waals surface area contributed by atoms with Crippen LogP contribution < -0.4 is 4.90 Å². The molecule has 6 nitrogen and oxygen atoms in total. The Hall–Kier alpha value is -1.57. The van der Waals surface area contributed by atoms with Crippen molar-refractivity contribution >= 4 is 17.3 Å². The molecule has 0 aliphatic carbocycles. The number of hydrogen-bond acceptors (Lipinski definition) is 7. The van der Waals surface area contributed by atoms with E-state index >= 15 is 0 Å². The van der Waals surface area contributed by atoms with E-state index in [1.54, 1.807) is 11.3 Å². The standard InChI is InChI=1S/C17H23N5OS/c1-3-17(12-21(7-1)11-15-18-6-10-24-15)13-22(8-9-23-14-17)16-19-4-2-5-20-16/h2,4-6,10H,1,3,7-9,11-14H2/t17-/m1/s1. The van der Waals surface area contributed by atoms with E-state index in [0.717, 1.165) is 51.9 Å². The highest BCUT2D eigenvalue weighted by atomic mass is 32.1. The van der Waals surface area contributed by atoms with Gasteiger partial charge in [0.1, 0.15) is 5.01 Å². The second-order valence-corrected chi connectivity index (χ2v) is 7.74. The largest absolute Gasteiger partial charge is 0.379 e. The Balaban J connectivity index is 1.49. The van der Waals surface area contributed by atoms with Gasteiger partial charge in [0, 0.05) is 49.0 Å². The van der Waals surface area contributed by atoms with E-state index in [0.29, 0.717) is 0 Å². The predicted molar refractivity (Wildman–Crippen MR) is 94.1 cm³/mol. The van der Waals surface area contributed by atoms with Crippen molar-refractivity contribution in [3.63, 3.8) is 0 Å². The Morgan fingerprint density at radius 2 is 2.04 bits per heavy atom. The third-order valence-corrected chi connectivity index (χ3v) is 5.62. The van der Waals surface area contributed by atoms with Gasteiger partial charge in [-0.05, 0) is 25.5 Å². The molecular formula is C17H23N5OS. The van der Waals surface area contributed by atoms with Crippen molar-refractivity contribution in [2.24, 2.45) is 5.41 Å². The molecule has 0 saturated carbocycles. The first-order valence-corrected chi connectivity index (χ1v) is 9.41. The first-order chi connectivity index (χ1) is 11.8. The van der Waals surface area contributed by atoms with Crippen molar-refractivity contribution in [3.05, 3.63) is 35.0 Å². The summed E-state index contributed by atoms with van der Waals surface area (Å²) in [6.45, 7) is 6.53. The topological polar surface area (TPSA) is 54.4 Å². The maximum Gasteiger partial charge on any atom is 0.225 e. The van der Waals surface area contributed by atoms with Crippen LogP contribution in [0.5, 0.6) is 0 Å². The smallest absolute Gasteiger partial charge is 0.225 e. The van der Waals surface area contributed by atoms with E-state index in [4.69, 9.17) is 4.74 Å². The molecule has 128 valence electrons. The van der Waals surface area contributed by atoms with Gasteiger partial charge in [-0.2, -0.15) is 0 Å². The fraction of sp³-hybridized carbons (Fsp3) is 0.588. The quantitative estimate of drug-likeness (QED) is 0.849. The van der Waals surface area contributed by atoms with Crippen molar-refractivity contribution in [3.8, 4) is 0 Å². The van der Waals surface area contributed by atoms with E-state index in [-0.39, 0.29) is 5.41 Å². The number of piperidine rings is 1. The van der Waals surface area contributed by atoms with Crippen LogP contribution in [-0.2, 0) is 11.3 Å². The molecule has 1 atom stereocenters. The molecule has 0 aromatic carbocycles. The molecule has 0 amide bonds. The number of aromatic nitrogens is 3. The Morgan fingerprint density at radius 1 is 1.12 bits per heavy atom. The lowest BCUT2D eigenvalue weighted by molar-refractivity contribution is 0.0106. The predicted octanol–water partition coefficient (Wildman–Crippen LogP) is 2.05. The van der Waals surface area contributed by atoms with E-state index in [9.17, 15) is 0 Å². The molecular weight excluding hydrogens is 322 g/mol. The molecule has 0 bridgehead atoms. The van der Waals surface area contributed by atoms with Gasteiger partial charge in [-0.15, -0.1) is 11.3 Å². The van der Waals surface area contributed by atoms with E-state index in [1.165, 1.54) is 17.8 Å². The molecule has 2 aliphatic heterocycles. The van der Waals surface area contributed by atoms with Crippen LogP contribution in [0.25, 0.3) is 0 Å². The summed E-state index contributed by atoms with van der Waals surface area (Å²) in [6, 6.07) is 1.87. The van der Waals surface area contributed by atoms with Gasteiger partial charge in [-0.3, -0.25) is 4.90 Å². The summed E-state index contributed by atoms with van der Waals surface area (Å²) in [5.41, 5.74) is 0.158. The lowest BCUT2D eigenvalue weighted by atomic mass is 9.80. The second-order valence-electron chi connectivity index (χ2n) is 6.76. The summed E-state index contributed by atoms with van der Waals surface area (Å²) in [5.74, 6) is 0.819. The van der Waals surface area contributed by atoms with Crippen molar-refractivity contribution < 1.29 is 4.74 Å². The Kier molecular flexibility index (Phi) is 4.73. The first-order valence-electron chi connectivity index (χ1n) is 8.54. The number of anilines is 1. The van der Waals surface area contributed by atoms with E-state index < -0.39 is 0 Å². The van der Waals surface area contributed by atoms with Gasteiger partial charge in [0.15, 0.2) is 0 Å². The van der Waals surface area contributed by atoms with Crippen LogP contribution in [0.2, 0.25) is 0 Å². The first kappa shape index (κ1) is 15.9. The molecule has 7 heteroatoms. The number of rotatable bonds is 3. The number of nitrogens with zero attached hydrogens (tertiary/aromatic N) is 5.